The molecule has 1 amide bonds. The predicted octanol–water partition coefficient (Wildman–Crippen LogP) is 4.92. The van der Waals surface area contributed by atoms with E-state index in [4.69, 9.17) is 10.1 Å². The Hall–Kier alpha value is -2.48. The van der Waals surface area contributed by atoms with E-state index in [0.29, 0.717) is 5.01 Å². The lowest BCUT2D eigenvalue weighted by Gasteiger charge is -2.25. The van der Waals surface area contributed by atoms with Crippen molar-refractivity contribution in [2.24, 2.45) is 7.05 Å². The van der Waals surface area contributed by atoms with Crippen molar-refractivity contribution in [2.45, 2.75) is 70.3 Å². The van der Waals surface area contributed by atoms with Crippen LogP contribution in [0.2, 0.25) is 0 Å². The Morgan fingerprint density at radius 1 is 1.03 bits per heavy atom. The summed E-state index contributed by atoms with van der Waals surface area (Å²) in [7, 11) is 1.94. The second kappa shape index (κ2) is 9.57. The van der Waals surface area contributed by atoms with Crippen LogP contribution in [-0.2, 0) is 7.05 Å². The first-order valence-electron chi connectivity index (χ1n) is 12.0. The quantitative estimate of drug-likeness (QED) is 0.608. The number of nitrogens with zero attached hydrogens (tertiary/aromatic N) is 5. The van der Waals surface area contributed by atoms with Gasteiger partial charge < -0.3 is 10.2 Å². The number of fused-ring (bicyclic) bond motifs is 1. The van der Waals surface area contributed by atoms with Crippen LogP contribution in [0, 0.1) is 0 Å². The van der Waals surface area contributed by atoms with Gasteiger partial charge in [0.25, 0.3) is 5.91 Å². The fraction of sp³-hybridized carbons (Fsp3) is 0.583. The van der Waals surface area contributed by atoms with Gasteiger partial charge in [-0.25, -0.2) is 14.6 Å². The minimum Gasteiger partial charge on any atom is -0.357 e. The first-order valence-corrected chi connectivity index (χ1v) is 12.9. The predicted molar refractivity (Wildman–Crippen MR) is 129 cm³/mol. The van der Waals surface area contributed by atoms with Crippen LogP contribution >= 0.6 is 11.3 Å². The molecule has 1 saturated heterocycles. The number of rotatable bonds is 4. The standard InChI is InChI=1S/C24H32N6OS/c1-29-22-18(12-13-20(27-22)30-14-8-3-2-4-9-15-30)21(28-29)19-16-25-24(32-19)23(31)26-17-10-6-5-7-11-17/h12-13,16-17H,2-11,14-15H2,1H3,(H,26,31). The van der Waals surface area contributed by atoms with Crippen molar-refractivity contribution in [1.29, 1.82) is 0 Å². The molecule has 0 radical (unpaired) electrons. The van der Waals surface area contributed by atoms with Gasteiger partial charge in [0, 0.05) is 37.8 Å². The Kier molecular flexibility index (Phi) is 6.39. The molecule has 1 saturated carbocycles. The van der Waals surface area contributed by atoms with Crippen LogP contribution in [0.1, 0.15) is 74.0 Å². The molecule has 7 nitrogen and oxygen atoms in total. The van der Waals surface area contributed by atoms with Gasteiger partial charge in [-0.15, -0.1) is 11.3 Å². The molecule has 1 aliphatic carbocycles. The molecule has 1 aliphatic heterocycles. The van der Waals surface area contributed by atoms with Crippen LogP contribution in [0.25, 0.3) is 21.6 Å². The van der Waals surface area contributed by atoms with E-state index in [-0.39, 0.29) is 11.9 Å². The average molecular weight is 453 g/mol. The molecule has 3 aromatic heterocycles. The van der Waals surface area contributed by atoms with E-state index >= 15 is 0 Å². The molecule has 2 aliphatic rings. The van der Waals surface area contributed by atoms with Crippen molar-refractivity contribution in [3.63, 3.8) is 0 Å². The number of carbonyl (C=O) groups excluding carboxylic acids is 1. The van der Waals surface area contributed by atoms with Crippen LogP contribution in [0.4, 0.5) is 5.82 Å². The van der Waals surface area contributed by atoms with Crippen LogP contribution in [0.5, 0.6) is 0 Å². The number of amides is 1. The highest BCUT2D eigenvalue weighted by molar-refractivity contribution is 7.17. The molecule has 4 heterocycles. The molecule has 0 bridgehead atoms. The van der Waals surface area contributed by atoms with Gasteiger partial charge in [0.15, 0.2) is 10.7 Å². The molecular formula is C24H32N6OS. The molecule has 2 fully saturated rings. The zero-order valence-electron chi connectivity index (χ0n) is 18.8. The number of hydrogen-bond donors (Lipinski definition) is 1. The van der Waals surface area contributed by atoms with Gasteiger partial charge in [0.2, 0.25) is 0 Å². The maximum atomic E-state index is 12.7. The lowest BCUT2D eigenvalue weighted by atomic mass is 9.95. The summed E-state index contributed by atoms with van der Waals surface area (Å²) in [5, 5.41) is 9.42. The van der Waals surface area contributed by atoms with Crippen molar-refractivity contribution < 1.29 is 4.79 Å². The summed E-state index contributed by atoms with van der Waals surface area (Å²) in [6.45, 7) is 2.13. The summed E-state index contributed by atoms with van der Waals surface area (Å²) in [6, 6.07) is 4.53. The second-order valence-electron chi connectivity index (χ2n) is 9.11. The Bertz CT molecular complexity index is 1080. The first-order chi connectivity index (χ1) is 15.7. The van der Waals surface area contributed by atoms with Crippen LogP contribution in [0.3, 0.4) is 0 Å². The number of aromatic nitrogens is 4. The van der Waals surface area contributed by atoms with Gasteiger partial charge in [-0.3, -0.25) is 4.79 Å². The molecule has 3 aromatic rings. The molecule has 8 heteroatoms. The van der Waals surface area contributed by atoms with E-state index in [1.807, 2.05) is 11.7 Å². The third kappa shape index (κ3) is 4.51. The molecule has 0 aromatic carbocycles. The summed E-state index contributed by atoms with van der Waals surface area (Å²) in [6.07, 6.45) is 14.0. The fourth-order valence-electron chi connectivity index (χ4n) is 4.94. The topological polar surface area (TPSA) is 75.9 Å². The molecule has 5 rings (SSSR count). The third-order valence-corrected chi connectivity index (χ3v) is 7.73. The molecule has 0 spiro atoms. The molecule has 0 unspecified atom stereocenters. The number of nitrogens with one attached hydrogen (secondary N) is 1. The van der Waals surface area contributed by atoms with Crippen molar-refractivity contribution >= 4 is 34.1 Å². The second-order valence-corrected chi connectivity index (χ2v) is 10.1. The van der Waals surface area contributed by atoms with Crippen molar-refractivity contribution in [2.75, 3.05) is 18.0 Å². The van der Waals surface area contributed by atoms with E-state index in [9.17, 15) is 4.79 Å². The van der Waals surface area contributed by atoms with E-state index in [1.165, 1.54) is 62.7 Å². The van der Waals surface area contributed by atoms with Crippen LogP contribution < -0.4 is 10.2 Å². The van der Waals surface area contributed by atoms with Gasteiger partial charge in [0.1, 0.15) is 11.5 Å². The molecule has 1 N–H and O–H groups in total. The van der Waals surface area contributed by atoms with E-state index in [1.54, 1.807) is 6.20 Å². The van der Waals surface area contributed by atoms with Crippen LogP contribution in [-0.4, -0.2) is 44.8 Å². The zero-order valence-corrected chi connectivity index (χ0v) is 19.7. The Balaban J connectivity index is 1.37. The lowest BCUT2D eigenvalue weighted by Crippen LogP contribution is -2.36. The van der Waals surface area contributed by atoms with Gasteiger partial charge >= 0.3 is 0 Å². The number of thiazole rings is 1. The minimum absolute atomic E-state index is 0.0640. The SMILES string of the molecule is Cn1nc(-c2cnc(C(=O)NC3CCCCC3)s2)c2ccc(N3CCCCCCC3)nc21. The summed E-state index contributed by atoms with van der Waals surface area (Å²) in [5.41, 5.74) is 1.73. The Morgan fingerprint density at radius 3 is 2.53 bits per heavy atom. The smallest absolute Gasteiger partial charge is 0.280 e. The van der Waals surface area contributed by atoms with E-state index < -0.39 is 0 Å². The van der Waals surface area contributed by atoms with Crippen molar-refractivity contribution in [3.05, 3.63) is 23.3 Å². The normalized spacial score (nSPS) is 18.5. The Morgan fingerprint density at radius 2 is 1.75 bits per heavy atom. The maximum Gasteiger partial charge on any atom is 0.280 e. The largest absolute Gasteiger partial charge is 0.357 e. The Labute approximate surface area is 193 Å². The summed E-state index contributed by atoms with van der Waals surface area (Å²) < 4.78 is 1.85. The minimum atomic E-state index is -0.0640. The summed E-state index contributed by atoms with van der Waals surface area (Å²) in [5.74, 6) is 0.969. The molecule has 32 heavy (non-hydrogen) atoms. The highest BCUT2D eigenvalue weighted by Crippen LogP contribution is 2.32. The zero-order chi connectivity index (χ0) is 21.9. The number of anilines is 1. The third-order valence-electron chi connectivity index (χ3n) is 6.73. The average Bonchev–Trinajstić information content (AvgIpc) is 3.39. The first kappa shape index (κ1) is 21.4. The van der Waals surface area contributed by atoms with Gasteiger partial charge in [-0.1, -0.05) is 38.5 Å². The highest BCUT2D eigenvalue weighted by atomic mass is 32.1. The van der Waals surface area contributed by atoms with E-state index in [2.05, 4.69) is 27.3 Å². The summed E-state index contributed by atoms with van der Waals surface area (Å²) >= 11 is 1.41. The summed E-state index contributed by atoms with van der Waals surface area (Å²) in [4.78, 5) is 25.4. The lowest BCUT2D eigenvalue weighted by molar-refractivity contribution is 0.0927. The monoisotopic (exact) mass is 452 g/mol. The van der Waals surface area contributed by atoms with E-state index in [0.717, 1.165) is 53.4 Å². The van der Waals surface area contributed by atoms with Gasteiger partial charge in [-0.2, -0.15) is 5.10 Å². The van der Waals surface area contributed by atoms with Gasteiger partial charge in [-0.05, 0) is 37.8 Å². The molecular weight excluding hydrogens is 420 g/mol. The number of aryl methyl sites for hydroxylation is 1. The molecule has 170 valence electrons. The van der Waals surface area contributed by atoms with Crippen molar-refractivity contribution in [3.8, 4) is 10.6 Å². The maximum absolute atomic E-state index is 12.7. The van der Waals surface area contributed by atoms with Gasteiger partial charge in [0.05, 0.1) is 4.88 Å². The highest BCUT2D eigenvalue weighted by Gasteiger charge is 2.21. The molecule has 0 atom stereocenters. The van der Waals surface area contributed by atoms with Crippen molar-refractivity contribution in [1.82, 2.24) is 25.1 Å². The van der Waals surface area contributed by atoms with Crippen LogP contribution in [0.15, 0.2) is 18.3 Å². The fourth-order valence-corrected chi connectivity index (χ4v) is 5.76. The number of carbonyl (C=O) groups is 1. The number of hydrogen-bond acceptors (Lipinski definition) is 6. The number of pyridine rings is 1.